The number of nitrogens with zero attached hydrogens (tertiary/aromatic N) is 3. The molecule has 0 atom stereocenters. The van der Waals surface area contributed by atoms with Gasteiger partial charge in [-0.3, -0.25) is 5.43 Å². The van der Waals surface area contributed by atoms with E-state index in [9.17, 15) is 0 Å². The molecule has 0 amide bonds. The van der Waals surface area contributed by atoms with Crippen LogP contribution in [0.4, 0.5) is 11.4 Å². The highest BCUT2D eigenvalue weighted by molar-refractivity contribution is 6.00. The van der Waals surface area contributed by atoms with Crippen LogP contribution in [0.3, 0.4) is 0 Å². The van der Waals surface area contributed by atoms with Crippen molar-refractivity contribution in [3.63, 3.8) is 0 Å². The summed E-state index contributed by atoms with van der Waals surface area (Å²) in [6.45, 7) is 0. The Morgan fingerprint density at radius 2 is 1.42 bits per heavy atom. The molecule has 0 fully saturated rings. The molecular formula is C22H22N4. The average molecular weight is 342 g/mol. The second kappa shape index (κ2) is 8.62. The van der Waals surface area contributed by atoms with Gasteiger partial charge in [0, 0.05) is 25.3 Å². The normalized spacial score (nSPS) is 11.5. The smallest absolute Gasteiger partial charge is 0.154 e. The van der Waals surface area contributed by atoms with Gasteiger partial charge in [-0.15, -0.1) is 0 Å². The highest BCUT2D eigenvalue weighted by Crippen LogP contribution is 2.13. The maximum Gasteiger partial charge on any atom is 0.154 e. The molecule has 0 unspecified atom stereocenters. The Kier molecular flexibility index (Phi) is 5.78. The van der Waals surface area contributed by atoms with Crippen LogP contribution in [0.25, 0.3) is 0 Å². The Bertz CT molecular complexity index is 867. The van der Waals surface area contributed by atoms with Crippen molar-refractivity contribution in [2.45, 2.75) is 0 Å². The fourth-order valence-electron chi connectivity index (χ4n) is 2.41. The number of hydrogen-bond donors (Lipinski definition) is 1. The zero-order valence-electron chi connectivity index (χ0n) is 15.0. The van der Waals surface area contributed by atoms with Gasteiger partial charge in [-0.2, -0.15) is 5.10 Å². The van der Waals surface area contributed by atoms with Crippen molar-refractivity contribution in [1.29, 1.82) is 0 Å². The molecule has 3 aromatic carbocycles. The molecule has 1 N–H and O–H groups in total. The predicted molar refractivity (Wildman–Crippen MR) is 111 cm³/mol. The Labute approximate surface area is 154 Å². The van der Waals surface area contributed by atoms with E-state index in [1.807, 2.05) is 86.9 Å². The van der Waals surface area contributed by atoms with Crippen LogP contribution in [0.2, 0.25) is 0 Å². The first-order valence-electron chi connectivity index (χ1n) is 8.48. The molecule has 0 aliphatic carbocycles. The molecule has 3 aromatic rings. The quantitative estimate of drug-likeness (QED) is 0.423. The van der Waals surface area contributed by atoms with Crippen molar-refractivity contribution in [2.24, 2.45) is 10.1 Å². The molecule has 4 heteroatoms. The predicted octanol–water partition coefficient (Wildman–Crippen LogP) is 4.45. The molecule has 0 bridgehead atoms. The average Bonchev–Trinajstić information content (AvgIpc) is 2.69. The number of hydrazone groups is 1. The molecule has 4 nitrogen and oxygen atoms in total. The Balaban J connectivity index is 1.79. The molecule has 0 aromatic heterocycles. The number of para-hydroxylation sites is 1. The number of nitrogens with one attached hydrogen (secondary N) is 1. The molecule has 0 spiro atoms. The number of aliphatic imine (C=N–C) groups is 1. The topological polar surface area (TPSA) is 40.0 Å². The third-order valence-corrected chi connectivity index (χ3v) is 3.84. The molecule has 3 rings (SSSR count). The summed E-state index contributed by atoms with van der Waals surface area (Å²) in [7, 11) is 4.05. The van der Waals surface area contributed by atoms with Crippen LogP contribution in [0.5, 0.6) is 0 Å². The zero-order chi connectivity index (χ0) is 18.2. The minimum atomic E-state index is 0.706. The summed E-state index contributed by atoms with van der Waals surface area (Å²) < 4.78 is 0. The third kappa shape index (κ3) is 4.80. The van der Waals surface area contributed by atoms with Crippen LogP contribution in [-0.2, 0) is 0 Å². The van der Waals surface area contributed by atoms with E-state index in [2.05, 4.69) is 32.6 Å². The molecule has 0 aliphatic heterocycles. The van der Waals surface area contributed by atoms with Crippen molar-refractivity contribution in [2.75, 3.05) is 19.0 Å². The standard InChI is InChI=1S/C22H22N4/c1-26(2)21-15-13-18(14-16-21)17-23-25-22(19-9-5-3-6-10-19)24-20-11-7-4-8-12-20/h3-17H,1-2H3,(H,24,25). The third-order valence-electron chi connectivity index (χ3n) is 3.84. The van der Waals surface area contributed by atoms with Gasteiger partial charge in [-0.05, 0) is 29.8 Å². The molecule has 130 valence electrons. The minimum Gasteiger partial charge on any atom is -0.378 e. The van der Waals surface area contributed by atoms with Crippen molar-refractivity contribution in [3.8, 4) is 0 Å². The van der Waals surface area contributed by atoms with Gasteiger partial charge in [0.2, 0.25) is 0 Å². The van der Waals surface area contributed by atoms with Crippen molar-refractivity contribution in [1.82, 2.24) is 5.43 Å². The lowest BCUT2D eigenvalue weighted by molar-refractivity contribution is 1.03. The van der Waals surface area contributed by atoms with E-state index in [-0.39, 0.29) is 0 Å². The highest BCUT2D eigenvalue weighted by Gasteiger charge is 2.02. The lowest BCUT2D eigenvalue weighted by atomic mass is 10.2. The van der Waals surface area contributed by atoms with Gasteiger partial charge < -0.3 is 4.90 Å². The molecule has 0 heterocycles. The fraction of sp³-hybridized carbons (Fsp3) is 0.0909. The second-order valence-corrected chi connectivity index (χ2v) is 6.02. The van der Waals surface area contributed by atoms with E-state index in [4.69, 9.17) is 0 Å². The summed E-state index contributed by atoms with van der Waals surface area (Å²) in [5.74, 6) is 0.706. The summed E-state index contributed by atoms with van der Waals surface area (Å²) in [5.41, 5.74) is 7.12. The van der Waals surface area contributed by atoms with Crippen molar-refractivity contribution in [3.05, 3.63) is 96.1 Å². The van der Waals surface area contributed by atoms with Gasteiger partial charge in [-0.1, -0.05) is 60.7 Å². The molecule has 26 heavy (non-hydrogen) atoms. The van der Waals surface area contributed by atoms with E-state index in [1.54, 1.807) is 6.21 Å². The first-order chi connectivity index (χ1) is 12.7. The Morgan fingerprint density at radius 3 is 2.04 bits per heavy atom. The van der Waals surface area contributed by atoms with E-state index in [0.29, 0.717) is 5.84 Å². The van der Waals surface area contributed by atoms with Crippen LogP contribution in [0.15, 0.2) is 95.0 Å². The summed E-state index contributed by atoms with van der Waals surface area (Å²) in [5, 5.41) is 4.37. The van der Waals surface area contributed by atoms with Crippen LogP contribution in [0.1, 0.15) is 11.1 Å². The summed E-state index contributed by atoms with van der Waals surface area (Å²) in [4.78, 5) is 6.75. The molecular weight excluding hydrogens is 320 g/mol. The van der Waals surface area contributed by atoms with E-state index in [0.717, 1.165) is 22.5 Å². The summed E-state index contributed by atoms with van der Waals surface area (Å²) >= 11 is 0. The second-order valence-electron chi connectivity index (χ2n) is 6.02. The SMILES string of the molecule is CN(C)c1ccc(C=NNC(=Nc2ccccc2)c2ccccc2)cc1. The van der Waals surface area contributed by atoms with Gasteiger partial charge in [-0.25, -0.2) is 4.99 Å². The van der Waals surface area contributed by atoms with Crippen LogP contribution < -0.4 is 10.3 Å². The van der Waals surface area contributed by atoms with Gasteiger partial charge in [0.1, 0.15) is 0 Å². The van der Waals surface area contributed by atoms with Crippen LogP contribution in [-0.4, -0.2) is 26.1 Å². The van der Waals surface area contributed by atoms with Gasteiger partial charge in [0.15, 0.2) is 5.84 Å². The number of hydrogen-bond acceptors (Lipinski definition) is 3. The number of rotatable bonds is 5. The first kappa shape index (κ1) is 17.4. The summed E-state index contributed by atoms with van der Waals surface area (Å²) in [6.07, 6.45) is 1.79. The maximum atomic E-state index is 4.68. The van der Waals surface area contributed by atoms with Crippen LogP contribution >= 0.6 is 0 Å². The molecule has 0 saturated heterocycles. The van der Waals surface area contributed by atoms with E-state index < -0.39 is 0 Å². The fourth-order valence-corrected chi connectivity index (χ4v) is 2.41. The highest BCUT2D eigenvalue weighted by atomic mass is 15.3. The number of anilines is 1. The van der Waals surface area contributed by atoms with E-state index in [1.165, 1.54) is 0 Å². The minimum absolute atomic E-state index is 0.706. The van der Waals surface area contributed by atoms with Crippen molar-refractivity contribution < 1.29 is 0 Å². The van der Waals surface area contributed by atoms with Crippen LogP contribution in [0, 0.1) is 0 Å². The zero-order valence-corrected chi connectivity index (χ0v) is 15.0. The Morgan fingerprint density at radius 1 is 0.808 bits per heavy atom. The van der Waals surface area contributed by atoms with Crippen molar-refractivity contribution >= 4 is 23.4 Å². The first-order valence-corrected chi connectivity index (χ1v) is 8.48. The lowest BCUT2D eigenvalue weighted by Crippen LogP contribution is -2.18. The monoisotopic (exact) mass is 342 g/mol. The molecule has 0 aliphatic rings. The lowest BCUT2D eigenvalue weighted by Gasteiger charge is -2.11. The van der Waals surface area contributed by atoms with Gasteiger partial charge >= 0.3 is 0 Å². The van der Waals surface area contributed by atoms with E-state index >= 15 is 0 Å². The summed E-state index contributed by atoms with van der Waals surface area (Å²) in [6, 6.07) is 28.0. The number of benzene rings is 3. The molecule has 0 radical (unpaired) electrons. The van der Waals surface area contributed by atoms with Gasteiger partial charge in [0.25, 0.3) is 0 Å². The Hall–Kier alpha value is -3.40. The number of amidine groups is 1. The van der Waals surface area contributed by atoms with Gasteiger partial charge in [0.05, 0.1) is 11.9 Å². The molecule has 0 saturated carbocycles. The largest absolute Gasteiger partial charge is 0.378 e. The maximum absolute atomic E-state index is 4.68.